The van der Waals surface area contributed by atoms with Crippen LogP contribution in [-0.4, -0.2) is 23.8 Å². The predicted molar refractivity (Wildman–Crippen MR) is 60.7 cm³/mol. The van der Waals surface area contributed by atoms with E-state index in [-0.39, 0.29) is 0 Å². The molecule has 0 radical (unpaired) electrons. The third-order valence-corrected chi connectivity index (χ3v) is 2.76. The minimum atomic E-state index is 0.438. The molecule has 1 aromatic heterocycles. The number of anilines is 1. The number of hydrogen-bond acceptors (Lipinski definition) is 3. The summed E-state index contributed by atoms with van der Waals surface area (Å²) in [5, 5.41) is 0. The second kappa shape index (κ2) is 4.51. The molecular formula is C10H16N2S. The molecule has 0 saturated heterocycles. The van der Waals surface area contributed by atoms with E-state index in [1.165, 1.54) is 0 Å². The summed E-state index contributed by atoms with van der Waals surface area (Å²) in [4.78, 5) is 6.43. The summed E-state index contributed by atoms with van der Waals surface area (Å²) < 4.78 is 0. The quantitative estimate of drug-likeness (QED) is 0.746. The zero-order valence-corrected chi connectivity index (χ0v) is 9.25. The summed E-state index contributed by atoms with van der Waals surface area (Å²) in [5.41, 5.74) is 2.20. The van der Waals surface area contributed by atoms with E-state index in [0.717, 1.165) is 17.1 Å². The summed E-state index contributed by atoms with van der Waals surface area (Å²) in [6.45, 7) is 4.14. The Kier molecular flexibility index (Phi) is 3.60. The number of nitrogens with zero attached hydrogens (tertiary/aromatic N) is 2. The fraction of sp³-hybridized carbons (Fsp3) is 0.500. The Morgan fingerprint density at radius 3 is 2.69 bits per heavy atom. The molecule has 13 heavy (non-hydrogen) atoms. The van der Waals surface area contributed by atoms with Gasteiger partial charge >= 0.3 is 0 Å². The van der Waals surface area contributed by atoms with E-state index >= 15 is 0 Å². The van der Waals surface area contributed by atoms with Gasteiger partial charge in [0.1, 0.15) is 0 Å². The van der Waals surface area contributed by atoms with E-state index in [1.54, 1.807) is 0 Å². The Morgan fingerprint density at radius 1 is 1.54 bits per heavy atom. The van der Waals surface area contributed by atoms with Gasteiger partial charge in [0.05, 0.1) is 11.9 Å². The molecule has 1 rings (SSSR count). The molecule has 3 heteroatoms. The highest BCUT2D eigenvalue weighted by Crippen LogP contribution is 2.14. The second-order valence-corrected chi connectivity index (χ2v) is 3.67. The minimum absolute atomic E-state index is 0.438. The number of aryl methyl sites for hydroxylation is 1. The van der Waals surface area contributed by atoms with Gasteiger partial charge < -0.3 is 4.90 Å². The molecular weight excluding hydrogens is 180 g/mol. The van der Waals surface area contributed by atoms with Gasteiger partial charge in [-0.15, -0.1) is 0 Å². The minimum Gasteiger partial charge on any atom is -0.370 e. The molecule has 2 nitrogen and oxygen atoms in total. The largest absolute Gasteiger partial charge is 0.370 e. The normalized spacial score (nSPS) is 12.6. The molecule has 1 unspecified atom stereocenters. The smallest absolute Gasteiger partial charge is 0.0553 e. The molecule has 0 saturated carbocycles. The van der Waals surface area contributed by atoms with Crippen molar-refractivity contribution in [2.45, 2.75) is 19.9 Å². The molecule has 0 aliphatic heterocycles. The van der Waals surface area contributed by atoms with Gasteiger partial charge in [-0.3, -0.25) is 4.98 Å². The maximum Gasteiger partial charge on any atom is 0.0553 e. The Labute approximate surface area is 85.4 Å². The molecule has 0 aromatic carbocycles. The number of aromatic nitrogens is 1. The molecule has 0 aliphatic carbocycles. The van der Waals surface area contributed by atoms with Crippen molar-refractivity contribution in [3.05, 3.63) is 24.0 Å². The Hall–Kier alpha value is -0.700. The van der Waals surface area contributed by atoms with Crippen molar-refractivity contribution in [1.29, 1.82) is 0 Å². The van der Waals surface area contributed by atoms with E-state index < -0.39 is 0 Å². The number of rotatable bonds is 3. The van der Waals surface area contributed by atoms with Gasteiger partial charge in [0.25, 0.3) is 0 Å². The van der Waals surface area contributed by atoms with Crippen molar-refractivity contribution in [3.63, 3.8) is 0 Å². The fourth-order valence-corrected chi connectivity index (χ4v) is 1.29. The molecule has 0 aliphatic rings. The Balaban J connectivity index is 2.77. The van der Waals surface area contributed by atoms with E-state index in [4.69, 9.17) is 0 Å². The monoisotopic (exact) mass is 196 g/mol. The molecule has 0 amide bonds. The van der Waals surface area contributed by atoms with E-state index in [1.807, 2.05) is 19.2 Å². The maximum atomic E-state index is 4.26. The third-order valence-electron chi connectivity index (χ3n) is 2.23. The first-order chi connectivity index (χ1) is 6.15. The zero-order valence-electron chi connectivity index (χ0n) is 8.36. The highest BCUT2D eigenvalue weighted by Gasteiger charge is 2.07. The number of hydrogen-bond donors (Lipinski definition) is 1. The van der Waals surface area contributed by atoms with Gasteiger partial charge in [-0.25, -0.2) is 0 Å². The van der Waals surface area contributed by atoms with Crippen LogP contribution in [0.25, 0.3) is 0 Å². The lowest BCUT2D eigenvalue weighted by Gasteiger charge is -2.25. The zero-order chi connectivity index (χ0) is 9.84. The first-order valence-corrected chi connectivity index (χ1v) is 5.04. The second-order valence-electron chi connectivity index (χ2n) is 3.30. The first kappa shape index (κ1) is 10.4. The highest BCUT2D eigenvalue weighted by atomic mass is 32.1. The Morgan fingerprint density at radius 2 is 2.23 bits per heavy atom. The third kappa shape index (κ3) is 2.62. The molecule has 72 valence electrons. The fourth-order valence-electron chi connectivity index (χ4n) is 1.05. The van der Waals surface area contributed by atoms with Gasteiger partial charge in [-0.1, -0.05) is 0 Å². The SMILES string of the molecule is Cc1ccc(N(C)C(C)CS)cn1. The van der Waals surface area contributed by atoms with Crippen LogP contribution in [0.15, 0.2) is 18.3 Å². The van der Waals surface area contributed by atoms with Crippen LogP contribution >= 0.6 is 12.6 Å². The van der Waals surface area contributed by atoms with Crippen LogP contribution < -0.4 is 4.90 Å². The average molecular weight is 196 g/mol. The van der Waals surface area contributed by atoms with E-state index in [2.05, 4.69) is 42.6 Å². The molecule has 1 atom stereocenters. The van der Waals surface area contributed by atoms with Crippen molar-refractivity contribution in [3.8, 4) is 0 Å². The summed E-state index contributed by atoms with van der Waals surface area (Å²) in [7, 11) is 2.06. The number of pyridine rings is 1. The van der Waals surface area contributed by atoms with Crippen LogP contribution in [-0.2, 0) is 0 Å². The van der Waals surface area contributed by atoms with Crippen LogP contribution in [0.5, 0.6) is 0 Å². The number of thiol groups is 1. The highest BCUT2D eigenvalue weighted by molar-refractivity contribution is 7.80. The van der Waals surface area contributed by atoms with Gasteiger partial charge in [-0.2, -0.15) is 12.6 Å². The Bertz CT molecular complexity index is 258. The standard InChI is InChI=1S/C10H16N2S/c1-8-4-5-10(6-11-8)12(3)9(2)7-13/h4-6,9,13H,7H2,1-3H3. The lowest BCUT2D eigenvalue weighted by atomic mass is 10.3. The summed E-state index contributed by atoms with van der Waals surface area (Å²) in [6, 6.07) is 4.55. The van der Waals surface area contributed by atoms with Crippen molar-refractivity contribution >= 4 is 18.3 Å². The van der Waals surface area contributed by atoms with Crippen molar-refractivity contribution in [1.82, 2.24) is 4.98 Å². The molecule has 0 N–H and O–H groups in total. The van der Waals surface area contributed by atoms with Crippen molar-refractivity contribution < 1.29 is 0 Å². The van der Waals surface area contributed by atoms with Crippen LogP contribution in [0.3, 0.4) is 0 Å². The maximum absolute atomic E-state index is 4.26. The summed E-state index contributed by atoms with van der Waals surface area (Å²) in [5.74, 6) is 0.852. The lowest BCUT2D eigenvalue weighted by Crippen LogP contribution is -2.30. The van der Waals surface area contributed by atoms with Crippen LogP contribution in [0.2, 0.25) is 0 Å². The molecule has 1 aromatic rings. The predicted octanol–water partition coefficient (Wildman–Crippen LogP) is 2.14. The average Bonchev–Trinajstić information content (AvgIpc) is 2.17. The molecule has 1 heterocycles. The molecule has 0 bridgehead atoms. The van der Waals surface area contributed by atoms with E-state index in [0.29, 0.717) is 6.04 Å². The van der Waals surface area contributed by atoms with Crippen LogP contribution in [0.4, 0.5) is 5.69 Å². The van der Waals surface area contributed by atoms with Gasteiger partial charge in [-0.05, 0) is 26.0 Å². The van der Waals surface area contributed by atoms with E-state index in [9.17, 15) is 0 Å². The summed E-state index contributed by atoms with van der Waals surface area (Å²) >= 11 is 4.26. The van der Waals surface area contributed by atoms with Crippen molar-refractivity contribution in [2.24, 2.45) is 0 Å². The lowest BCUT2D eigenvalue weighted by molar-refractivity contribution is 0.764. The van der Waals surface area contributed by atoms with Crippen molar-refractivity contribution in [2.75, 3.05) is 17.7 Å². The molecule has 0 fully saturated rings. The first-order valence-electron chi connectivity index (χ1n) is 4.41. The summed E-state index contributed by atoms with van der Waals surface area (Å²) in [6.07, 6.45) is 1.90. The van der Waals surface area contributed by atoms with Gasteiger partial charge in [0.2, 0.25) is 0 Å². The van der Waals surface area contributed by atoms with Gasteiger partial charge in [0.15, 0.2) is 0 Å². The van der Waals surface area contributed by atoms with Crippen LogP contribution in [0, 0.1) is 6.92 Å². The van der Waals surface area contributed by atoms with Crippen LogP contribution in [0.1, 0.15) is 12.6 Å². The topological polar surface area (TPSA) is 16.1 Å². The van der Waals surface area contributed by atoms with Gasteiger partial charge in [0, 0.05) is 24.5 Å². The molecule has 0 spiro atoms.